The Bertz CT molecular complexity index is 1890. The van der Waals surface area contributed by atoms with Gasteiger partial charge in [0, 0.05) is 54.1 Å². The van der Waals surface area contributed by atoms with Gasteiger partial charge in [-0.05, 0) is 98.1 Å². The van der Waals surface area contributed by atoms with Crippen LogP contribution in [-0.4, -0.2) is 93.7 Å². The van der Waals surface area contributed by atoms with Gasteiger partial charge in [-0.2, -0.15) is 10.2 Å². The molecule has 2 spiro atoms. The number of hydrogen-bond donors (Lipinski definition) is 1. The molecule has 51 heavy (non-hydrogen) atoms. The predicted molar refractivity (Wildman–Crippen MR) is 191 cm³/mol. The van der Waals surface area contributed by atoms with E-state index in [1.165, 1.54) is 16.2 Å². The average Bonchev–Trinajstić information content (AvgIpc) is 3.36. The molecule has 0 unspecified atom stereocenters. The van der Waals surface area contributed by atoms with E-state index in [0.717, 1.165) is 68.2 Å². The minimum Gasteiger partial charge on any atom is -0.473 e. The molecule has 2 N–H and O–H groups in total. The van der Waals surface area contributed by atoms with Crippen LogP contribution in [0, 0.1) is 11.3 Å². The number of rotatable bonds is 5. The van der Waals surface area contributed by atoms with Crippen molar-refractivity contribution in [3.8, 4) is 23.5 Å². The maximum absolute atomic E-state index is 14.4. The molecule has 3 aliphatic carbocycles. The number of nitriles is 1. The lowest BCUT2D eigenvalue weighted by molar-refractivity contribution is 0.0106. The molecule has 4 atom stereocenters. The summed E-state index contributed by atoms with van der Waals surface area (Å²) in [5.74, 6) is 1.94. The number of nitrogen functional groups attached to an aromatic ring is 1. The summed E-state index contributed by atoms with van der Waals surface area (Å²) < 4.78 is 32.9. The highest BCUT2D eigenvalue weighted by atomic mass is 32.1. The van der Waals surface area contributed by atoms with E-state index in [4.69, 9.17) is 34.9 Å². The average molecular weight is 719 g/mol. The number of ether oxygens (including phenoxy) is 2. The van der Waals surface area contributed by atoms with Crippen LogP contribution in [0.3, 0.4) is 0 Å². The van der Waals surface area contributed by atoms with Crippen LogP contribution in [-0.2, 0) is 23.0 Å². The zero-order valence-corrected chi connectivity index (χ0v) is 30.9. The number of hydrogen-bond acceptors (Lipinski definition) is 12. The molecule has 8 rings (SSSR count). The van der Waals surface area contributed by atoms with E-state index >= 15 is 0 Å². The number of anilines is 2. The lowest BCUT2D eigenvalue weighted by atomic mass is 9.62. The number of nitrogens with zero attached hydrogens (tertiary/aromatic N) is 7. The lowest BCUT2D eigenvalue weighted by Gasteiger charge is -2.42. The molecule has 1 amide bonds. The number of likely N-dealkylation sites (N-methyl/N-ethyl adjacent to an activating group) is 1. The first kappa shape index (κ1) is 34.1. The number of amides is 1. The number of carbonyl (C=O) groups is 1. The molecule has 5 heterocycles. The van der Waals surface area contributed by atoms with Crippen LogP contribution < -0.4 is 15.4 Å². The summed E-state index contributed by atoms with van der Waals surface area (Å²) >= 11 is 1.52. The van der Waals surface area contributed by atoms with Crippen LogP contribution in [0.15, 0.2) is 10.6 Å². The van der Waals surface area contributed by atoms with Crippen LogP contribution >= 0.6 is 11.3 Å². The Kier molecular flexibility index (Phi) is 8.25. The molecule has 272 valence electrons. The second-order valence-electron chi connectivity index (χ2n) is 16.2. The smallest absolute Gasteiger partial charge is 0.410 e. The number of halogens is 1. The van der Waals surface area contributed by atoms with Crippen molar-refractivity contribution in [3.63, 3.8) is 0 Å². The molecule has 0 bridgehead atoms. The third-order valence-electron chi connectivity index (χ3n) is 11.6. The molecular formula is C37H47FN8O4S. The predicted octanol–water partition coefficient (Wildman–Crippen LogP) is 6.00. The van der Waals surface area contributed by atoms with Gasteiger partial charge in [0.2, 0.25) is 17.5 Å². The van der Waals surface area contributed by atoms with E-state index in [-0.39, 0.29) is 23.8 Å². The maximum atomic E-state index is 14.4. The third-order valence-corrected chi connectivity index (χ3v) is 12.7. The first-order valence-electron chi connectivity index (χ1n) is 18.3. The number of aromatic nitrogens is 3. The standard InChI is InChI=1S/C37H47FN8O4S/c1-21(25-16-22(38)19-44(25)5)48-28-17-27(45-14-15-46(36(20-45)12-13-36)34(47)49-35(2,3)4)41-33(42-28)30-23-8-6-10-37(31(23)43-50-30)11-7-9-26-29(37)24(18-39)32(40)51-26/h17,21-22,25H,6-16,19-20,40H2,1-5H3/t21-,22+,25-,37-/m0/s1. The lowest BCUT2D eigenvalue weighted by Crippen LogP contribution is -2.58. The molecule has 14 heteroatoms. The number of piperazine rings is 1. The summed E-state index contributed by atoms with van der Waals surface area (Å²) in [5.41, 5.74) is 8.45. The molecule has 0 radical (unpaired) electrons. The Morgan fingerprint density at radius 3 is 2.65 bits per heavy atom. The molecule has 5 aliphatic rings. The molecule has 0 aromatic carbocycles. The van der Waals surface area contributed by atoms with Gasteiger partial charge in [-0.1, -0.05) is 5.16 Å². The van der Waals surface area contributed by atoms with E-state index in [1.807, 2.05) is 50.6 Å². The van der Waals surface area contributed by atoms with Crippen LogP contribution in [0.1, 0.15) is 99.9 Å². The fourth-order valence-electron chi connectivity index (χ4n) is 9.10. The van der Waals surface area contributed by atoms with Crippen molar-refractivity contribution in [2.24, 2.45) is 0 Å². The van der Waals surface area contributed by atoms with Crippen LogP contribution in [0.25, 0.3) is 11.6 Å². The first-order chi connectivity index (χ1) is 24.3. The van der Waals surface area contributed by atoms with Gasteiger partial charge in [-0.15, -0.1) is 11.3 Å². The van der Waals surface area contributed by atoms with E-state index < -0.39 is 17.2 Å². The summed E-state index contributed by atoms with van der Waals surface area (Å²) in [7, 11) is 1.92. The van der Waals surface area contributed by atoms with Crippen LogP contribution in [0.4, 0.5) is 20.0 Å². The van der Waals surface area contributed by atoms with Crippen molar-refractivity contribution in [1.29, 1.82) is 5.26 Å². The Morgan fingerprint density at radius 1 is 1.20 bits per heavy atom. The monoisotopic (exact) mass is 718 g/mol. The number of likely N-dealkylation sites (tertiary alicyclic amines) is 1. The zero-order valence-electron chi connectivity index (χ0n) is 30.1. The Morgan fingerprint density at radius 2 is 1.96 bits per heavy atom. The fourth-order valence-corrected chi connectivity index (χ4v) is 10.3. The maximum Gasteiger partial charge on any atom is 0.410 e. The van der Waals surface area contributed by atoms with Crippen molar-refractivity contribution in [3.05, 3.63) is 33.3 Å². The minimum absolute atomic E-state index is 0.0975. The van der Waals surface area contributed by atoms with E-state index in [2.05, 4.69) is 11.0 Å². The van der Waals surface area contributed by atoms with Crippen LogP contribution in [0.2, 0.25) is 0 Å². The van der Waals surface area contributed by atoms with Crippen molar-refractivity contribution >= 4 is 28.2 Å². The fraction of sp³-hybridized carbons (Fsp3) is 0.649. The second kappa shape index (κ2) is 12.3. The van der Waals surface area contributed by atoms with Crippen molar-refractivity contribution in [2.45, 2.75) is 120 Å². The third kappa shape index (κ3) is 5.90. The summed E-state index contributed by atoms with van der Waals surface area (Å²) in [5, 5.41) is 15.5. The number of nitrogens with two attached hydrogens (primary N) is 1. The Balaban J connectivity index is 1.17. The highest BCUT2D eigenvalue weighted by molar-refractivity contribution is 7.16. The molecule has 3 aromatic heterocycles. The topological polar surface area (TPSA) is 147 Å². The Labute approximate surface area is 302 Å². The van der Waals surface area contributed by atoms with E-state index in [9.17, 15) is 14.4 Å². The van der Waals surface area contributed by atoms with Crippen molar-refractivity contribution < 1.29 is 23.2 Å². The zero-order chi connectivity index (χ0) is 35.9. The highest BCUT2D eigenvalue weighted by Gasteiger charge is 2.55. The summed E-state index contributed by atoms with van der Waals surface area (Å²) in [6.07, 6.45) is 5.92. The molecule has 3 aromatic rings. The first-order valence-corrected chi connectivity index (χ1v) is 19.1. The number of carbonyl (C=O) groups excluding carboxylic acids is 1. The number of aryl methyl sites for hydroxylation is 1. The van der Waals surface area contributed by atoms with Gasteiger partial charge < -0.3 is 24.6 Å². The van der Waals surface area contributed by atoms with E-state index in [0.29, 0.717) is 66.4 Å². The quantitative estimate of drug-likeness (QED) is 0.331. The van der Waals surface area contributed by atoms with Crippen molar-refractivity contribution in [2.75, 3.05) is 43.9 Å². The second-order valence-corrected chi connectivity index (χ2v) is 17.3. The number of thiophene rings is 1. The normalized spacial score (nSPS) is 26.1. The van der Waals surface area contributed by atoms with Gasteiger partial charge in [0.05, 0.1) is 16.8 Å². The summed E-state index contributed by atoms with van der Waals surface area (Å²) in [4.78, 5) is 30.5. The van der Waals surface area contributed by atoms with Gasteiger partial charge >= 0.3 is 6.09 Å². The largest absolute Gasteiger partial charge is 0.473 e. The van der Waals surface area contributed by atoms with Crippen molar-refractivity contribution in [1.82, 2.24) is 24.9 Å². The van der Waals surface area contributed by atoms with Gasteiger partial charge in [0.1, 0.15) is 34.8 Å². The molecule has 2 saturated heterocycles. The molecular weight excluding hydrogens is 672 g/mol. The van der Waals surface area contributed by atoms with E-state index in [1.54, 1.807) is 0 Å². The molecule has 1 saturated carbocycles. The molecule has 2 aliphatic heterocycles. The SMILES string of the molecule is C[C@H](Oc1cc(N2CCN(C(=O)OC(C)(C)C)C3(CC3)C2)nc(-c2onc3c2CCC[C@@]32CCCc3sc(N)c(C#N)c32)n1)[C@@H]1C[C@@H](F)CN1C. The number of alkyl halides is 1. The van der Waals surface area contributed by atoms with Gasteiger partial charge in [-0.3, -0.25) is 9.80 Å². The van der Waals surface area contributed by atoms with Gasteiger partial charge in [-0.25, -0.2) is 14.2 Å². The number of fused-ring (bicyclic) bond motifs is 4. The summed E-state index contributed by atoms with van der Waals surface area (Å²) in [6, 6.07) is 4.15. The molecule has 12 nitrogen and oxygen atoms in total. The minimum atomic E-state index is -0.896. The summed E-state index contributed by atoms with van der Waals surface area (Å²) in [6.45, 7) is 9.65. The highest BCUT2D eigenvalue weighted by Crippen LogP contribution is 2.55. The molecule has 3 fully saturated rings. The van der Waals surface area contributed by atoms with Gasteiger partial charge in [0.25, 0.3) is 0 Å². The Hall–Kier alpha value is -3.96. The van der Waals surface area contributed by atoms with Crippen LogP contribution in [0.5, 0.6) is 5.88 Å². The van der Waals surface area contributed by atoms with Gasteiger partial charge in [0.15, 0.2) is 0 Å².